The molecule has 1 aliphatic heterocycles. The minimum atomic E-state index is -4.02. The molecule has 114 valence electrons. The van der Waals surface area contributed by atoms with Crippen molar-refractivity contribution in [3.05, 3.63) is 0 Å². The molecule has 19 heavy (non-hydrogen) atoms. The Morgan fingerprint density at radius 1 is 1.37 bits per heavy atom. The summed E-state index contributed by atoms with van der Waals surface area (Å²) in [6.45, 7) is 8.14. The number of hydrogen-bond donors (Lipinski definition) is 1. The molecule has 2 atom stereocenters. The highest BCUT2D eigenvalue weighted by atomic mass is 19.4. The van der Waals surface area contributed by atoms with Crippen LogP contribution in [0.3, 0.4) is 0 Å². The molecule has 0 aliphatic carbocycles. The lowest BCUT2D eigenvalue weighted by Crippen LogP contribution is -2.44. The van der Waals surface area contributed by atoms with E-state index in [2.05, 4.69) is 24.1 Å². The number of hydrogen-bond acceptors (Lipinski definition) is 2. The van der Waals surface area contributed by atoms with Gasteiger partial charge in [0.25, 0.3) is 0 Å². The number of halogens is 3. The van der Waals surface area contributed by atoms with E-state index in [1.807, 2.05) is 0 Å². The van der Waals surface area contributed by atoms with Crippen LogP contribution in [0.15, 0.2) is 0 Å². The fourth-order valence-corrected chi connectivity index (χ4v) is 2.80. The van der Waals surface area contributed by atoms with Crippen molar-refractivity contribution >= 4 is 0 Å². The molecule has 0 aromatic heterocycles. The lowest BCUT2D eigenvalue weighted by atomic mass is 9.91. The SMILES string of the molecule is CCCN1CCCC(C(C)NCCCC(F)(F)F)C1. The first-order valence-electron chi connectivity index (χ1n) is 7.45. The minimum Gasteiger partial charge on any atom is -0.314 e. The average molecular weight is 280 g/mol. The van der Waals surface area contributed by atoms with Crippen LogP contribution in [0.5, 0.6) is 0 Å². The summed E-state index contributed by atoms with van der Waals surface area (Å²) in [6, 6.07) is 0.313. The van der Waals surface area contributed by atoms with E-state index >= 15 is 0 Å². The van der Waals surface area contributed by atoms with Crippen LogP contribution >= 0.6 is 0 Å². The van der Waals surface area contributed by atoms with Crippen LogP contribution in [-0.2, 0) is 0 Å². The third-order valence-electron chi connectivity index (χ3n) is 3.89. The average Bonchev–Trinajstić information content (AvgIpc) is 2.34. The van der Waals surface area contributed by atoms with Crippen LogP contribution < -0.4 is 5.32 Å². The van der Waals surface area contributed by atoms with Gasteiger partial charge in [-0.05, 0) is 58.2 Å². The smallest absolute Gasteiger partial charge is 0.314 e. The molecular formula is C14H27F3N2. The van der Waals surface area contributed by atoms with Crippen molar-refractivity contribution in [3.63, 3.8) is 0 Å². The quantitative estimate of drug-likeness (QED) is 0.719. The fourth-order valence-electron chi connectivity index (χ4n) is 2.80. The summed E-state index contributed by atoms with van der Waals surface area (Å²) >= 11 is 0. The highest BCUT2D eigenvalue weighted by molar-refractivity contribution is 4.80. The van der Waals surface area contributed by atoms with Crippen LogP contribution in [0.1, 0.15) is 46.0 Å². The first kappa shape index (κ1) is 16.8. The first-order chi connectivity index (χ1) is 8.92. The van der Waals surface area contributed by atoms with Crippen LogP contribution in [0.4, 0.5) is 13.2 Å². The molecular weight excluding hydrogens is 253 g/mol. The third-order valence-corrected chi connectivity index (χ3v) is 3.89. The molecule has 1 heterocycles. The number of nitrogens with zero attached hydrogens (tertiary/aromatic N) is 1. The molecule has 1 aliphatic rings. The van der Waals surface area contributed by atoms with E-state index in [9.17, 15) is 13.2 Å². The van der Waals surface area contributed by atoms with Crippen molar-refractivity contribution in [2.24, 2.45) is 5.92 Å². The van der Waals surface area contributed by atoms with Crippen LogP contribution in [0, 0.1) is 5.92 Å². The van der Waals surface area contributed by atoms with Gasteiger partial charge in [0.2, 0.25) is 0 Å². The topological polar surface area (TPSA) is 15.3 Å². The molecule has 0 saturated carbocycles. The number of alkyl halides is 3. The van der Waals surface area contributed by atoms with Gasteiger partial charge in [-0.25, -0.2) is 0 Å². The van der Waals surface area contributed by atoms with Gasteiger partial charge in [-0.3, -0.25) is 0 Å². The van der Waals surface area contributed by atoms with Gasteiger partial charge in [0.15, 0.2) is 0 Å². The van der Waals surface area contributed by atoms with Gasteiger partial charge in [-0.1, -0.05) is 6.92 Å². The van der Waals surface area contributed by atoms with E-state index < -0.39 is 12.6 Å². The van der Waals surface area contributed by atoms with E-state index in [-0.39, 0.29) is 6.42 Å². The van der Waals surface area contributed by atoms with Crippen molar-refractivity contribution in [1.29, 1.82) is 0 Å². The monoisotopic (exact) mass is 280 g/mol. The molecule has 1 fully saturated rings. The molecule has 5 heteroatoms. The molecule has 2 nitrogen and oxygen atoms in total. The zero-order valence-corrected chi connectivity index (χ0v) is 12.1. The van der Waals surface area contributed by atoms with E-state index in [1.165, 1.54) is 25.8 Å². The Hall–Kier alpha value is -0.290. The van der Waals surface area contributed by atoms with E-state index in [4.69, 9.17) is 0 Å². The van der Waals surface area contributed by atoms with Crippen LogP contribution in [0.2, 0.25) is 0 Å². The van der Waals surface area contributed by atoms with Gasteiger partial charge in [0.05, 0.1) is 0 Å². The minimum absolute atomic E-state index is 0.180. The molecule has 0 bridgehead atoms. The molecule has 0 aromatic rings. The third kappa shape index (κ3) is 7.16. The number of likely N-dealkylation sites (tertiary alicyclic amines) is 1. The molecule has 1 rings (SSSR count). The highest BCUT2D eigenvalue weighted by Crippen LogP contribution is 2.22. The number of piperidine rings is 1. The van der Waals surface area contributed by atoms with Gasteiger partial charge >= 0.3 is 6.18 Å². The Balaban J connectivity index is 2.19. The summed E-state index contributed by atoms with van der Waals surface area (Å²) < 4.78 is 36.1. The lowest BCUT2D eigenvalue weighted by molar-refractivity contribution is -0.135. The summed E-state index contributed by atoms with van der Waals surface area (Å²) in [6.07, 6.45) is -0.959. The summed E-state index contributed by atoms with van der Waals surface area (Å²) in [5.41, 5.74) is 0. The molecule has 2 unspecified atom stereocenters. The summed E-state index contributed by atoms with van der Waals surface area (Å²) in [5, 5.41) is 3.26. The van der Waals surface area contributed by atoms with Crippen molar-refractivity contribution in [2.75, 3.05) is 26.2 Å². The van der Waals surface area contributed by atoms with Crippen molar-refractivity contribution in [3.8, 4) is 0 Å². The molecule has 0 aromatic carbocycles. The van der Waals surface area contributed by atoms with Crippen LogP contribution in [0.25, 0.3) is 0 Å². The summed E-state index contributed by atoms with van der Waals surface area (Å²) in [7, 11) is 0. The maximum atomic E-state index is 12.0. The Morgan fingerprint density at radius 2 is 2.11 bits per heavy atom. The van der Waals surface area contributed by atoms with E-state index in [0.29, 0.717) is 18.5 Å². The Bertz CT molecular complexity index is 241. The normalized spacial score (nSPS) is 23.5. The standard InChI is InChI=1S/C14H27F3N2/c1-3-9-19-10-4-6-13(11-19)12(2)18-8-5-7-14(15,16)17/h12-13,18H,3-11H2,1-2H3. The second kappa shape index (κ2) is 8.10. The molecule has 0 amide bonds. The maximum absolute atomic E-state index is 12.0. The number of nitrogens with one attached hydrogen (secondary N) is 1. The zero-order valence-electron chi connectivity index (χ0n) is 12.1. The van der Waals surface area contributed by atoms with Gasteiger partial charge in [0.1, 0.15) is 0 Å². The van der Waals surface area contributed by atoms with Gasteiger partial charge in [0, 0.05) is 19.0 Å². The van der Waals surface area contributed by atoms with E-state index in [1.54, 1.807) is 0 Å². The van der Waals surface area contributed by atoms with Crippen molar-refractivity contribution in [1.82, 2.24) is 10.2 Å². The predicted molar refractivity (Wildman–Crippen MR) is 72.2 cm³/mol. The lowest BCUT2D eigenvalue weighted by Gasteiger charge is -2.36. The zero-order chi connectivity index (χ0) is 14.3. The van der Waals surface area contributed by atoms with Crippen molar-refractivity contribution in [2.45, 2.75) is 58.2 Å². The molecule has 1 N–H and O–H groups in total. The van der Waals surface area contributed by atoms with Crippen molar-refractivity contribution < 1.29 is 13.2 Å². The highest BCUT2D eigenvalue weighted by Gasteiger charge is 2.27. The maximum Gasteiger partial charge on any atom is 0.389 e. The fraction of sp³-hybridized carbons (Fsp3) is 1.00. The van der Waals surface area contributed by atoms with Gasteiger partial charge in [-0.15, -0.1) is 0 Å². The van der Waals surface area contributed by atoms with Crippen LogP contribution in [-0.4, -0.2) is 43.3 Å². The van der Waals surface area contributed by atoms with E-state index in [0.717, 1.165) is 13.1 Å². The Kier molecular flexibility index (Phi) is 7.15. The second-order valence-electron chi connectivity index (χ2n) is 5.66. The Morgan fingerprint density at radius 3 is 2.74 bits per heavy atom. The number of rotatable bonds is 7. The summed E-state index contributed by atoms with van der Waals surface area (Å²) in [4.78, 5) is 2.47. The molecule has 0 radical (unpaired) electrons. The first-order valence-corrected chi connectivity index (χ1v) is 7.45. The largest absolute Gasteiger partial charge is 0.389 e. The predicted octanol–water partition coefficient (Wildman–Crippen LogP) is 3.43. The van der Waals surface area contributed by atoms with Gasteiger partial charge in [-0.2, -0.15) is 13.2 Å². The second-order valence-corrected chi connectivity index (χ2v) is 5.66. The Labute approximate surface area is 114 Å². The summed E-state index contributed by atoms with van der Waals surface area (Å²) in [5.74, 6) is 0.575. The molecule has 0 spiro atoms. The van der Waals surface area contributed by atoms with Gasteiger partial charge < -0.3 is 10.2 Å². The molecule has 1 saturated heterocycles.